The Morgan fingerprint density at radius 3 is 1.76 bits per heavy atom. The van der Waals surface area contributed by atoms with E-state index in [2.05, 4.69) is 35.3 Å². The summed E-state index contributed by atoms with van der Waals surface area (Å²) in [6.45, 7) is 0. The van der Waals surface area contributed by atoms with Gasteiger partial charge in [0, 0.05) is 45.4 Å². The van der Waals surface area contributed by atoms with Gasteiger partial charge in [0.2, 0.25) is 0 Å². The second kappa shape index (κ2) is 11.8. The molecule has 4 heterocycles. The minimum Gasteiger partial charge on any atom is -0.456 e. The zero-order valence-electron chi connectivity index (χ0n) is 27.0. The van der Waals surface area contributed by atoms with Crippen molar-refractivity contribution in [3.8, 4) is 79.4 Å². The van der Waals surface area contributed by atoms with Crippen molar-refractivity contribution in [3.05, 3.63) is 158 Å². The summed E-state index contributed by atoms with van der Waals surface area (Å²) in [5.41, 5.74) is 8.04. The second-order valence-electron chi connectivity index (χ2n) is 12.3. The standard InChI is InChI=1S/C44H26N4O3/c1-2-9-27(10-3-1)42-46-43(29-16-18-35-34-12-4-5-13-36(34)49-40(35)25-29)48-44(47-42)33-22-31(21-32(23-33)30-11-8-20-45-26-30)28-17-19-39-41(24-28)51-38-15-7-6-14-37(38)50-39/h1-26H. The lowest BCUT2D eigenvalue weighted by atomic mass is 9.96. The van der Waals surface area contributed by atoms with Crippen LogP contribution in [0.3, 0.4) is 0 Å². The van der Waals surface area contributed by atoms with Crippen molar-refractivity contribution in [1.29, 1.82) is 0 Å². The van der Waals surface area contributed by atoms with Gasteiger partial charge in [-0.05, 0) is 83.4 Å². The van der Waals surface area contributed by atoms with Gasteiger partial charge < -0.3 is 13.9 Å². The molecule has 0 N–H and O–H groups in total. The fourth-order valence-corrected chi connectivity index (χ4v) is 6.55. The van der Waals surface area contributed by atoms with E-state index in [0.717, 1.165) is 60.9 Å². The van der Waals surface area contributed by atoms with Gasteiger partial charge in [0.1, 0.15) is 11.2 Å². The van der Waals surface area contributed by atoms with Crippen LogP contribution in [0.1, 0.15) is 0 Å². The van der Waals surface area contributed by atoms with Gasteiger partial charge in [-0.3, -0.25) is 4.98 Å². The quantitative estimate of drug-likeness (QED) is 0.182. The maximum absolute atomic E-state index is 6.27. The first-order chi connectivity index (χ1) is 25.2. The Bertz CT molecular complexity index is 2760. The van der Waals surface area contributed by atoms with Crippen molar-refractivity contribution in [2.24, 2.45) is 0 Å². The van der Waals surface area contributed by atoms with Crippen molar-refractivity contribution in [3.63, 3.8) is 0 Å². The van der Waals surface area contributed by atoms with Gasteiger partial charge in [-0.15, -0.1) is 0 Å². The summed E-state index contributed by atoms with van der Waals surface area (Å²) in [5, 5.41) is 2.12. The molecule has 0 aliphatic carbocycles. The molecule has 9 aromatic rings. The number of nitrogens with zero attached hydrogens (tertiary/aromatic N) is 4. The van der Waals surface area contributed by atoms with Crippen molar-refractivity contribution >= 4 is 21.9 Å². The highest BCUT2D eigenvalue weighted by Gasteiger charge is 2.20. The Hall–Kier alpha value is -7.12. The number of para-hydroxylation sites is 3. The third kappa shape index (κ3) is 5.25. The number of fused-ring (bicyclic) bond motifs is 5. The Balaban J connectivity index is 1.14. The van der Waals surface area contributed by atoms with Crippen LogP contribution in [-0.4, -0.2) is 19.9 Å². The molecule has 7 heteroatoms. The first kappa shape index (κ1) is 28.9. The molecule has 51 heavy (non-hydrogen) atoms. The number of aromatic nitrogens is 4. The number of pyridine rings is 1. The summed E-state index contributed by atoms with van der Waals surface area (Å²) in [7, 11) is 0. The molecule has 10 rings (SSSR count). The predicted molar refractivity (Wildman–Crippen MR) is 199 cm³/mol. The van der Waals surface area contributed by atoms with Gasteiger partial charge in [0.25, 0.3) is 0 Å². The van der Waals surface area contributed by atoms with E-state index in [1.54, 1.807) is 6.20 Å². The van der Waals surface area contributed by atoms with E-state index in [1.165, 1.54) is 0 Å². The SMILES string of the molecule is c1ccc(-c2nc(-c3cc(-c4cccnc4)cc(-c4ccc5c(c4)Oc4ccccc4O5)c3)nc(-c3ccc4c(c3)oc3ccccc34)n2)cc1. The molecular formula is C44H26N4O3. The summed E-state index contributed by atoms with van der Waals surface area (Å²) in [5.74, 6) is 4.35. The Morgan fingerprint density at radius 1 is 0.353 bits per heavy atom. The maximum atomic E-state index is 6.27. The van der Waals surface area contributed by atoms with Crippen LogP contribution in [0.2, 0.25) is 0 Å². The normalized spacial score (nSPS) is 11.8. The Kier molecular flexibility index (Phi) is 6.67. The van der Waals surface area contributed by atoms with Gasteiger partial charge in [-0.25, -0.2) is 15.0 Å². The summed E-state index contributed by atoms with van der Waals surface area (Å²) in [6, 6.07) is 48.2. The zero-order valence-corrected chi connectivity index (χ0v) is 27.0. The number of hydrogen-bond acceptors (Lipinski definition) is 7. The molecule has 0 spiro atoms. The lowest BCUT2D eigenvalue weighted by Gasteiger charge is -2.21. The first-order valence-electron chi connectivity index (χ1n) is 16.6. The van der Waals surface area contributed by atoms with E-state index >= 15 is 0 Å². The molecule has 0 saturated heterocycles. The van der Waals surface area contributed by atoms with Crippen LogP contribution in [0.5, 0.6) is 23.0 Å². The van der Waals surface area contributed by atoms with Gasteiger partial charge in [0.15, 0.2) is 40.5 Å². The predicted octanol–water partition coefficient (Wildman–Crippen LogP) is 11.4. The number of furan rings is 1. The highest BCUT2D eigenvalue weighted by atomic mass is 16.6. The van der Waals surface area contributed by atoms with Gasteiger partial charge in [-0.1, -0.05) is 78.9 Å². The molecule has 1 aliphatic heterocycles. The smallest absolute Gasteiger partial charge is 0.170 e. The van der Waals surface area contributed by atoms with Crippen LogP contribution in [0.15, 0.2) is 162 Å². The molecule has 1 aliphatic rings. The number of hydrogen-bond donors (Lipinski definition) is 0. The van der Waals surface area contributed by atoms with E-state index < -0.39 is 0 Å². The fraction of sp³-hybridized carbons (Fsp3) is 0. The molecule has 0 unspecified atom stereocenters. The van der Waals surface area contributed by atoms with Crippen LogP contribution < -0.4 is 9.47 Å². The number of ether oxygens (including phenoxy) is 2. The summed E-state index contributed by atoms with van der Waals surface area (Å²) >= 11 is 0. The third-order valence-electron chi connectivity index (χ3n) is 9.06. The van der Waals surface area contributed by atoms with E-state index in [-0.39, 0.29) is 0 Å². The van der Waals surface area contributed by atoms with Crippen molar-refractivity contribution in [2.75, 3.05) is 0 Å². The van der Waals surface area contributed by atoms with E-state index in [1.807, 2.05) is 121 Å². The highest BCUT2D eigenvalue weighted by Crippen LogP contribution is 2.47. The molecule has 3 aromatic heterocycles. The van der Waals surface area contributed by atoms with Gasteiger partial charge in [-0.2, -0.15) is 0 Å². The largest absolute Gasteiger partial charge is 0.456 e. The lowest BCUT2D eigenvalue weighted by Crippen LogP contribution is -2.01. The minimum atomic E-state index is 0.544. The van der Waals surface area contributed by atoms with Crippen molar-refractivity contribution in [1.82, 2.24) is 19.9 Å². The third-order valence-corrected chi connectivity index (χ3v) is 9.06. The average molecular weight is 659 g/mol. The molecule has 0 bridgehead atoms. The topological polar surface area (TPSA) is 83.2 Å². The molecule has 0 atom stereocenters. The fourth-order valence-electron chi connectivity index (χ4n) is 6.55. The van der Waals surface area contributed by atoms with Crippen LogP contribution in [0, 0.1) is 0 Å². The molecular weight excluding hydrogens is 633 g/mol. The van der Waals surface area contributed by atoms with Crippen LogP contribution >= 0.6 is 0 Å². The number of rotatable bonds is 5. The van der Waals surface area contributed by atoms with Gasteiger partial charge >= 0.3 is 0 Å². The molecule has 0 amide bonds. The minimum absolute atomic E-state index is 0.544. The van der Waals surface area contributed by atoms with E-state index in [0.29, 0.717) is 40.5 Å². The molecule has 7 nitrogen and oxygen atoms in total. The summed E-state index contributed by atoms with van der Waals surface area (Å²) in [4.78, 5) is 19.5. The van der Waals surface area contributed by atoms with Crippen LogP contribution in [0.4, 0.5) is 0 Å². The first-order valence-corrected chi connectivity index (χ1v) is 16.6. The maximum Gasteiger partial charge on any atom is 0.170 e. The molecule has 0 radical (unpaired) electrons. The summed E-state index contributed by atoms with van der Waals surface area (Å²) in [6.07, 6.45) is 3.64. The lowest BCUT2D eigenvalue weighted by molar-refractivity contribution is 0.360. The average Bonchev–Trinajstić information content (AvgIpc) is 3.58. The second-order valence-corrected chi connectivity index (χ2v) is 12.3. The Morgan fingerprint density at radius 2 is 0.961 bits per heavy atom. The van der Waals surface area contributed by atoms with Crippen LogP contribution in [-0.2, 0) is 0 Å². The van der Waals surface area contributed by atoms with Crippen molar-refractivity contribution < 1.29 is 13.9 Å². The van der Waals surface area contributed by atoms with E-state index in [9.17, 15) is 0 Å². The molecule has 0 saturated carbocycles. The zero-order chi connectivity index (χ0) is 33.7. The summed E-state index contributed by atoms with van der Waals surface area (Å²) < 4.78 is 18.7. The van der Waals surface area contributed by atoms with Crippen LogP contribution in [0.25, 0.3) is 78.4 Å². The van der Waals surface area contributed by atoms with Crippen molar-refractivity contribution in [2.45, 2.75) is 0 Å². The monoisotopic (exact) mass is 658 g/mol. The molecule has 0 fully saturated rings. The molecule has 240 valence electrons. The molecule has 6 aromatic carbocycles. The number of benzene rings is 6. The highest BCUT2D eigenvalue weighted by molar-refractivity contribution is 6.05. The Labute approximate surface area is 292 Å². The van der Waals surface area contributed by atoms with Gasteiger partial charge in [0.05, 0.1) is 0 Å². The van der Waals surface area contributed by atoms with E-state index in [4.69, 9.17) is 28.8 Å².